The first-order chi connectivity index (χ1) is 7.18. The molecule has 82 valence electrons. The SMILES string of the molecule is CC(C)CCNC(=O)Cc1cccnc1. The predicted octanol–water partition coefficient (Wildman–Crippen LogP) is 1.79. The van der Waals surface area contributed by atoms with Crippen LogP contribution in [0, 0.1) is 5.92 Å². The maximum atomic E-state index is 11.5. The molecule has 0 aliphatic carbocycles. The molecule has 1 rings (SSSR count). The summed E-state index contributed by atoms with van der Waals surface area (Å²) in [6.07, 6.45) is 4.88. The van der Waals surface area contributed by atoms with Gasteiger partial charge in [0.05, 0.1) is 6.42 Å². The van der Waals surface area contributed by atoms with Crippen LogP contribution in [-0.4, -0.2) is 17.4 Å². The highest BCUT2D eigenvalue weighted by atomic mass is 16.1. The molecule has 0 saturated heterocycles. The van der Waals surface area contributed by atoms with Gasteiger partial charge < -0.3 is 5.32 Å². The highest BCUT2D eigenvalue weighted by Gasteiger charge is 2.02. The van der Waals surface area contributed by atoms with Crippen molar-refractivity contribution in [2.24, 2.45) is 5.92 Å². The zero-order valence-electron chi connectivity index (χ0n) is 9.36. The van der Waals surface area contributed by atoms with Gasteiger partial charge in [0.25, 0.3) is 0 Å². The van der Waals surface area contributed by atoms with Crippen LogP contribution in [0.4, 0.5) is 0 Å². The van der Waals surface area contributed by atoms with Crippen molar-refractivity contribution in [2.75, 3.05) is 6.54 Å². The molecule has 0 aromatic carbocycles. The Morgan fingerprint density at radius 3 is 2.93 bits per heavy atom. The van der Waals surface area contributed by atoms with Crippen LogP contribution >= 0.6 is 0 Å². The molecule has 0 unspecified atom stereocenters. The predicted molar refractivity (Wildman–Crippen MR) is 60.4 cm³/mol. The Bertz CT molecular complexity index is 296. The van der Waals surface area contributed by atoms with E-state index in [1.807, 2.05) is 12.1 Å². The van der Waals surface area contributed by atoms with Crippen LogP contribution in [0.1, 0.15) is 25.8 Å². The lowest BCUT2D eigenvalue weighted by Gasteiger charge is -2.06. The van der Waals surface area contributed by atoms with Crippen molar-refractivity contribution in [1.29, 1.82) is 0 Å². The number of carbonyl (C=O) groups is 1. The van der Waals surface area contributed by atoms with Crippen LogP contribution in [0.15, 0.2) is 24.5 Å². The van der Waals surface area contributed by atoms with Crippen LogP contribution in [0.25, 0.3) is 0 Å². The molecule has 0 radical (unpaired) electrons. The smallest absolute Gasteiger partial charge is 0.224 e. The Labute approximate surface area is 90.9 Å². The zero-order valence-corrected chi connectivity index (χ0v) is 9.36. The lowest BCUT2D eigenvalue weighted by molar-refractivity contribution is -0.120. The largest absolute Gasteiger partial charge is 0.356 e. The molecule has 1 amide bonds. The molecule has 0 atom stereocenters. The van der Waals surface area contributed by atoms with Gasteiger partial charge in [-0.25, -0.2) is 0 Å². The van der Waals surface area contributed by atoms with Crippen LogP contribution in [0.2, 0.25) is 0 Å². The molecule has 0 spiro atoms. The number of nitrogens with zero attached hydrogens (tertiary/aromatic N) is 1. The minimum absolute atomic E-state index is 0.0728. The standard InChI is InChI=1S/C12H18N2O/c1-10(2)5-7-14-12(15)8-11-4-3-6-13-9-11/h3-4,6,9-10H,5,7-8H2,1-2H3,(H,14,15). The van der Waals surface area contributed by atoms with Crippen molar-refractivity contribution in [2.45, 2.75) is 26.7 Å². The highest BCUT2D eigenvalue weighted by molar-refractivity contribution is 5.78. The number of amides is 1. The van der Waals surface area contributed by atoms with Crippen molar-refractivity contribution >= 4 is 5.91 Å². The van der Waals surface area contributed by atoms with Gasteiger partial charge >= 0.3 is 0 Å². The van der Waals surface area contributed by atoms with Crippen molar-refractivity contribution in [3.8, 4) is 0 Å². The summed E-state index contributed by atoms with van der Waals surface area (Å²) in [7, 11) is 0. The minimum atomic E-state index is 0.0728. The van der Waals surface area contributed by atoms with Gasteiger partial charge in [-0.2, -0.15) is 0 Å². The molecule has 1 heterocycles. The fourth-order valence-electron chi connectivity index (χ4n) is 1.25. The summed E-state index contributed by atoms with van der Waals surface area (Å²) in [4.78, 5) is 15.4. The van der Waals surface area contributed by atoms with Gasteiger partial charge in [-0.05, 0) is 24.0 Å². The van der Waals surface area contributed by atoms with Gasteiger partial charge in [0.15, 0.2) is 0 Å². The third-order valence-corrected chi connectivity index (χ3v) is 2.13. The second-order valence-electron chi connectivity index (χ2n) is 4.07. The highest BCUT2D eigenvalue weighted by Crippen LogP contribution is 1.98. The van der Waals surface area contributed by atoms with E-state index >= 15 is 0 Å². The Balaban J connectivity index is 2.25. The Kier molecular flexibility index (Phi) is 4.81. The van der Waals surface area contributed by atoms with E-state index in [1.54, 1.807) is 12.4 Å². The average Bonchev–Trinajstić information content (AvgIpc) is 2.18. The van der Waals surface area contributed by atoms with Crippen LogP contribution < -0.4 is 5.32 Å². The number of nitrogens with one attached hydrogen (secondary N) is 1. The molecule has 0 aliphatic heterocycles. The summed E-state index contributed by atoms with van der Waals surface area (Å²) in [5, 5.41) is 2.90. The molecule has 3 nitrogen and oxygen atoms in total. The summed E-state index contributed by atoms with van der Waals surface area (Å²) in [6, 6.07) is 3.76. The maximum absolute atomic E-state index is 11.5. The van der Waals surface area contributed by atoms with Crippen molar-refractivity contribution < 1.29 is 4.79 Å². The lowest BCUT2D eigenvalue weighted by atomic mass is 10.1. The molecule has 1 N–H and O–H groups in total. The Morgan fingerprint density at radius 2 is 2.33 bits per heavy atom. The third-order valence-electron chi connectivity index (χ3n) is 2.13. The molecule has 15 heavy (non-hydrogen) atoms. The summed E-state index contributed by atoms with van der Waals surface area (Å²) in [5.74, 6) is 0.701. The number of pyridine rings is 1. The van der Waals surface area contributed by atoms with E-state index in [9.17, 15) is 4.79 Å². The van der Waals surface area contributed by atoms with E-state index in [-0.39, 0.29) is 5.91 Å². The van der Waals surface area contributed by atoms with Gasteiger partial charge in [-0.3, -0.25) is 9.78 Å². The Morgan fingerprint density at radius 1 is 1.53 bits per heavy atom. The summed E-state index contributed by atoms with van der Waals surface area (Å²) >= 11 is 0. The van der Waals surface area contributed by atoms with E-state index in [0.717, 1.165) is 18.5 Å². The van der Waals surface area contributed by atoms with Crippen molar-refractivity contribution in [1.82, 2.24) is 10.3 Å². The fraction of sp³-hybridized carbons (Fsp3) is 0.500. The quantitative estimate of drug-likeness (QED) is 0.798. The first-order valence-corrected chi connectivity index (χ1v) is 5.34. The summed E-state index contributed by atoms with van der Waals surface area (Å²) < 4.78 is 0. The van der Waals surface area contributed by atoms with E-state index < -0.39 is 0 Å². The number of aromatic nitrogens is 1. The monoisotopic (exact) mass is 206 g/mol. The fourth-order valence-corrected chi connectivity index (χ4v) is 1.25. The summed E-state index contributed by atoms with van der Waals surface area (Å²) in [6.45, 7) is 5.05. The molecule has 1 aromatic rings. The average molecular weight is 206 g/mol. The molecule has 0 bridgehead atoms. The minimum Gasteiger partial charge on any atom is -0.356 e. The number of carbonyl (C=O) groups excluding carboxylic acids is 1. The summed E-state index contributed by atoms with van der Waals surface area (Å²) in [5.41, 5.74) is 0.958. The van der Waals surface area contributed by atoms with Crippen molar-refractivity contribution in [3.63, 3.8) is 0 Å². The Hall–Kier alpha value is -1.38. The molecule has 1 aromatic heterocycles. The van der Waals surface area contributed by atoms with Gasteiger partial charge in [-0.1, -0.05) is 19.9 Å². The lowest BCUT2D eigenvalue weighted by Crippen LogP contribution is -2.26. The number of rotatable bonds is 5. The van der Waals surface area contributed by atoms with Gasteiger partial charge in [0, 0.05) is 18.9 Å². The molecular weight excluding hydrogens is 188 g/mol. The molecule has 0 fully saturated rings. The number of hydrogen-bond donors (Lipinski definition) is 1. The second kappa shape index (κ2) is 6.17. The molecule has 3 heteroatoms. The van der Waals surface area contributed by atoms with Gasteiger partial charge in [-0.15, -0.1) is 0 Å². The zero-order chi connectivity index (χ0) is 11.1. The van der Waals surface area contributed by atoms with Gasteiger partial charge in [0.1, 0.15) is 0 Å². The van der Waals surface area contributed by atoms with Gasteiger partial charge in [0.2, 0.25) is 5.91 Å². The third kappa shape index (κ3) is 5.15. The molecule has 0 saturated carbocycles. The van der Waals surface area contributed by atoms with Crippen LogP contribution in [0.3, 0.4) is 0 Å². The topological polar surface area (TPSA) is 42.0 Å². The van der Waals surface area contributed by atoms with E-state index in [1.165, 1.54) is 0 Å². The number of hydrogen-bond acceptors (Lipinski definition) is 2. The molecular formula is C12H18N2O. The van der Waals surface area contributed by atoms with E-state index in [4.69, 9.17) is 0 Å². The second-order valence-corrected chi connectivity index (χ2v) is 4.07. The van der Waals surface area contributed by atoms with Crippen molar-refractivity contribution in [3.05, 3.63) is 30.1 Å². The first kappa shape index (κ1) is 11.7. The first-order valence-electron chi connectivity index (χ1n) is 5.34. The van der Waals surface area contributed by atoms with Crippen LogP contribution in [-0.2, 0) is 11.2 Å². The van der Waals surface area contributed by atoms with E-state index in [0.29, 0.717) is 12.3 Å². The normalized spacial score (nSPS) is 10.3. The maximum Gasteiger partial charge on any atom is 0.224 e. The molecule has 0 aliphatic rings. The van der Waals surface area contributed by atoms with Crippen LogP contribution in [0.5, 0.6) is 0 Å². The van der Waals surface area contributed by atoms with E-state index in [2.05, 4.69) is 24.1 Å².